The van der Waals surface area contributed by atoms with Crippen molar-refractivity contribution in [2.45, 2.75) is 32.6 Å². The van der Waals surface area contributed by atoms with E-state index in [4.69, 9.17) is 9.26 Å². The van der Waals surface area contributed by atoms with Crippen LogP contribution in [0.2, 0.25) is 0 Å². The van der Waals surface area contributed by atoms with Gasteiger partial charge in [-0.2, -0.15) is 4.98 Å². The Balaban J connectivity index is 1.43. The number of thiophene rings is 1. The lowest BCUT2D eigenvalue weighted by atomic mass is 10.1. The van der Waals surface area contributed by atoms with Gasteiger partial charge in [0.2, 0.25) is 0 Å². The minimum Gasteiger partial charge on any atom is -0.362 e. The first-order valence-electron chi connectivity index (χ1n) is 8.53. The number of ether oxygens (including phenoxy) is 1. The molecule has 2 amide bonds. The SMILES string of the molecule is Cc1noc([C@H]2CN(C(=O)NCc3cccc4ccsc34)C[C@@H](C)O2)n1. The van der Waals surface area contributed by atoms with E-state index in [0.29, 0.717) is 31.3 Å². The maximum absolute atomic E-state index is 12.7. The summed E-state index contributed by atoms with van der Waals surface area (Å²) in [5, 5.41) is 10.1. The van der Waals surface area contributed by atoms with E-state index in [1.807, 2.05) is 19.1 Å². The van der Waals surface area contributed by atoms with Crippen LogP contribution in [0.4, 0.5) is 4.79 Å². The van der Waals surface area contributed by atoms with Gasteiger partial charge in [0.25, 0.3) is 5.89 Å². The molecule has 1 saturated heterocycles. The Morgan fingerprint density at radius 2 is 2.27 bits per heavy atom. The second kappa shape index (κ2) is 7.05. The average Bonchev–Trinajstić information content (AvgIpc) is 3.28. The van der Waals surface area contributed by atoms with Crippen molar-refractivity contribution in [3.8, 4) is 0 Å². The summed E-state index contributed by atoms with van der Waals surface area (Å²) in [6, 6.07) is 8.12. The zero-order valence-corrected chi connectivity index (χ0v) is 15.5. The topological polar surface area (TPSA) is 80.5 Å². The summed E-state index contributed by atoms with van der Waals surface area (Å²) in [4.78, 5) is 18.6. The number of carbonyl (C=O) groups is 1. The Morgan fingerprint density at radius 1 is 1.38 bits per heavy atom. The van der Waals surface area contributed by atoms with Crippen molar-refractivity contribution >= 4 is 27.5 Å². The minimum atomic E-state index is -0.397. The summed E-state index contributed by atoms with van der Waals surface area (Å²) < 4.78 is 12.3. The van der Waals surface area contributed by atoms with Gasteiger partial charge in [0.05, 0.1) is 12.6 Å². The molecule has 0 spiro atoms. The molecule has 0 aliphatic carbocycles. The number of fused-ring (bicyclic) bond motifs is 1. The summed E-state index contributed by atoms with van der Waals surface area (Å²) in [7, 11) is 0. The maximum atomic E-state index is 12.7. The summed E-state index contributed by atoms with van der Waals surface area (Å²) in [5.41, 5.74) is 1.12. The first-order valence-corrected chi connectivity index (χ1v) is 9.41. The molecular formula is C18H20N4O3S. The predicted molar refractivity (Wildman–Crippen MR) is 98.0 cm³/mol. The monoisotopic (exact) mass is 372 g/mol. The molecule has 1 N–H and O–H groups in total. The van der Waals surface area contributed by atoms with E-state index in [0.717, 1.165) is 5.56 Å². The Morgan fingerprint density at radius 3 is 3.08 bits per heavy atom. The van der Waals surface area contributed by atoms with E-state index in [1.54, 1.807) is 23.2 Å². The van der Waals surface area contributed by atoms with Crippen molar-refractivity contribution in [2.75, 3.05) is 13.1 Å². The molecule has 0 bridgehead atoms. The van der Waals surface area contributed by atoms with Gasteiger partial charge in [0.1, 0.15) is 0 Å². The number of amides is 2. The molecule has 1 fully saturated rings. The highest BCUT2D eigenvalue weighted by molar-refractivity contribution is 7.17. The summed E-state index contributed by atoms with van der Waals surface area (Å²) >= 11 is 1.69. The number of benzene rings is 1. The molecule has 8 heteroatoms. The van der Waals surface area contributed by atoms with E-state index in [2.05, 4.69) is 33.0 Å². The van der Waals surface area contributed by atoms with Gasteiger partial charge < -0.3 is 19.5 Å². The van der Waals surface area contributed by atoms with Gasteiger partial charge in [-0.05, 0) is 36.2 Å². The predicted octanol–water partition coefficient (Wildman–Crippen LogP) is 3.26. The number of urea groups is 1. The third-order valence-electron chi connectivity index (χ3n) is 4.36. The van der Waals surface area contributed by atoms with Gasteiger partial charge >= 0.3 is 6.03 Å². The standard InChI is InChI=1S/C18H20N4O3S/c1-11-9-22(10-15(24-11)17-20-12(2)21-25-17)18(23)19-8-14-5-3-4-13-6-7-26-16(13)14/h3-7,11,15H,8-10H2,1-2H3,(H,19,23)/t11-,15-/m1/s1. The maximum Gasteiger partial charge on any atom is 0.317 e. The van der Waals surface area contributed by atoms with Crippen LogP contribution in [0.25, 0.3) is 10.1 Å². The van der Waals surface area contributed by atoms with Gasteiger partial charge in [0, 0.05) is 17.8 Å². The highest BCUT2D eigenvalue weighted by atomic mass is 32.1. The van der Waals surface area contributed by atoms with E-state index < -0.39 is 6.10 Å². The fourth-order valence-electron chi connectivity index (χ4n) is 3.17. The van der Waals surface area contributed by atoms with Crippen molar-refractivity contribution < 1.29 is 14.1 Å². The van der Waals surface area contributed by atoms with Crippen LogP contribution in [0.1, 0.15) is 30.3 Å². The number of aromatic nitrogens is 2. The van der Waals surface area contributed by atoms with Crippen molar-refractivity contribution in [1.29, 1.82) is 0 Å². The van der Waals surface area contributed by atoms with Crippen molar-refractivity contribution in [2.24, 2.45) is 0 Å². The second-order valence-corrected chi connectivity index (χ2v) is 7.35. The van der Waals surface area contributed by atoms with Gasteiger partial charge in [-0.25, -0.2) is 4.79 Å². The number of hydrogen-bond acceptors (Lipinski definition) is 6. The quantitative estimate of drug-likeness (QED) is 0.763. The molecule has 4 rings (SSSR count). The third kappa shape index (κ3) is 3.42. The number of hydrogen-bond donors (Lipinski definition) is 1. The summed E-state index contributed by atoms with van der Waals surface area (Å²) in [5.74, 6) is 0.970. The average molecular weight is 372 g/mol. The lowest BCUT2D eigenvalue weighted by Gasteiger charge is -2.35. The summed E-state index contributed by atoms with van der Waals surface area (Å²) in [6.07, 6.45) is -0.501. The first-order chi connectivity index (χ1) is 12.6. The first kappa shape index (κ1) is 17.0. The highest BCUT2D eigenvalue weighted by Crippen LogP contribution is 2.26. The fraction of sp³-hybridized carbons (Fsp3) is 0.389. The molecular weight excluding hydrogens is 352 g/mol. The molecule has 2 atom stereocenters. The number of nitrogens with one attached hydrogen (secondary N) is 1. The van der Waals surface area contributed by atoms with E-state index in [9.17, 15) is 4.79 Å². The lowest BCUT2D eigenvalue weighted by molar-refractivity contribution is -0.0782. The van der Waals surface area contributed by atoms with Crippen LogP contribution < -0.4 is 5.32 Å². The fourth-order valence-corrected chi connectivity index (χ4v) is 4.09. The molecule has 2 aromatic heterocycles. The van der Waals surface area contributed by atoms with Crippen LogP contribution in [0.5, 0.6) is 0 Å². The largest absolute Gasteiger partial charge is 0.362 e. The number of nitrogens with zero attached hydrogens (tertiary/aromatic N) is 3. The van der Waals surface area contributed by atoms with E-state index in [1.165, 1.54) is 10.1 Å². The molecule has 7 nitrogen and oxygen atoms in total. The Kier molecular flexibility index (Phi) is 4.60. The molecule has 3 aromatic rings. The van der Waals surface area contributed by atoms with Crippen molar-refractivity contribution in [3.63, 3.8) is 0 Å². The molecule has 3 heterocycles. The van der Waals surface area contributed by atoms with Gasteiger partial charge in [-0.3, -0.25) is 0 Å². The third-order valence-corrected chi connectivity index (χ3v) is 5.36. The van der Waals surface area contributed by atoms with Crippen LogP contribution in [-0.2, 0) is 11.3 Å². The smallest absolute Gasteiger partial charge is 0.317 e. The Hall–Kier alpha value is -2.45. The lowest BCUT2D eigenvalue weighted by Crippen LogP contribution is -2.49. The van der Waals surface area contributed by atoms with Crippen molar-refractivity contribution in [1.82, 2.24) is 20.4 Å². The molecule has 1 aromatic carbocycles. The van der Waals surface area contributed by atoms with Gasteiger partial charge in [-0.15, -0.1) is 11.3 Å². The zero-order chi connectivity index (χ0) is 18.1. The molecule has 1 aliphatic heterocycles. The molecule has 136 valence electrons. The molecule has 26 heavy (non-hydrogen) atoms. The number of morpholine rings is 1. The normalized spacial score (nSPS) is 20.5. The Labute approximate surface area is 154 Å². The Bertz CT molecular complexity index is 922. The van der Waals surface area contributed by atoms with Crippen LogP contribution in [-0.4, -0.2) is 40.3 Å². The number of carbonyl (C=O) groups excluding carboxylic acids is 1. The second-order valence-electron chi connectivity index (χ2n) is 6.43. The van der Waals surface area contributed by atoms with Crippen LogP contribution in [0, 0.1) is 6.92 Å². The van der Waals surface area contributed by atoms with E-state index in [-0.39, 0.29) is 12.1 Å². The molecule has 1 aliphatic rings. The van der Waals surface area contributed by atoms with Crippen molar-refractivity contribution in [3.05, 3.63) is 46.9 Å². The minimum absolute atomic E-state index is 0.104. The molecule has 0 radical (unpaired) electrons. The summed E-state index contributed by atoms with van der Waals surface area (Å²) in [6.45, 7) is 5.10. The number of rotatable bonds is 3. The zero-order valence-electron chi connectivity index (χ0n) is 14.6. The van der Waals surface area contributed by atoms with E-state index >= 15 is 0 Å². The van der Waals surface area contributed by atoms with Crippen LogP contribution in [0.3, 0.4) is 0 Å². The van der Waals surface area contributed by atoms with Gasteiger partial charge in [0.15, 0.2) is 11.9 Å². The van der Waals surface area contributed by atoms with Crippen LogP contribution >= 0.6 is 11.3 Å². The molecule has 0 saturated carbocycles. The van der Waals surface area contributed by atoms with Gasteiger partial charge in [-0.1, -0.05) is 23.4 Å². The number of aryl methyl sites for hydroxylation is 1. The van der Waals surface area contributed by atoms with Crippen LogP contribution in [0.15, 0.2) is 34.2 Å². The molecule has 0 unspecified atom stereocenters. The highest BCUT2D eigenvalue weighted by Gasteiger charge is 2.32.